The number of benzene rings is 1. The predicted molar refractivity (Wildman–Crippen MR) is 64.6 cm³/mol. The molecule has 3 N–H and O–H groups in total. The molecule has 0 saturated carbocycles. The van der Waals surface area contributed by atoms with Crippen LogP contribution in [0.1, 0.15) is 31.1 Å². The van der Waals surface area contributed by atoms with Crippen LogP contribution < -0.4 is 15.8 Å². The second-order valence-electron chi connectivity index (χ2n) is 3.81. The molecule has 0 bridgehead atoms. The smallest absolute Gasteiger partial charge is 0.251 e. The topological polar surface area (TPSA) is 64.3 Å². The Bertz CT molecular complexity index is 375. The van der Waals surface area contributed by atoms with Gasteiger partial charge in [-0.25, -0.2) is 0 Å². The third-order valence-electron chi connectivity index (χ3n) is 1.99. The second kappa shape index (κ2) is 5.39. The maximum atomic E-state index is 11.7. The summed E-state index contributed by atoms with van der Waals surface area (Å²) < 4.78 is 5.30. The van der Waals surface area contributed by atoms with Crippen molar-refractivity contribution >= 4 is 11.6 Å². The minimum absolute atomic E-state index is 0.111. The van der Waals surface area contributed by atoms with Crippen molar-refractivity contribution in [1.29, 1.82) is 0 Å². The molecule has 0 spiro atoms. The average molecular weight is 222 g/mol. The van der Waals surface area contributed by atoms with Gasteiger partial charge in [-0.05, 0) is 39.0 Å². The zero-order chi connectivity index (χ0) is 12.1. The zero-order valence-electron chi connectivity index (χ0n) is 9.91. The highest BCUT2D eigenvalue weighted by Gasteiger charge is 2.09. The molecule has 88 valence electrons. The lowest BCUT2D eigenvalue weighted by Gasteiger charge is -2.11. The summed E-state index contributed by atoms with van der Waals surface area (Å²) in [7, 11) is 0. The summed E-state index contributed by atoms with van der Waals surface area (Å²) in [5.74, 6) is 0.494. The third kappa shape index (κ3) is 3.15. The summed E-state index contributed by atoms with van der Waals surface area (Å²) in [6.07, 6.45) is 0. The van der Waals surface area contributed by atoms with Crippen LogP contribution in [-0.4, -0.2) is 18.6 Å². The number of anilines is 1. The summed E-state index contributed by atoms with van der Waals surface area (Å²) >= 11 is 0. The van der Waals surface area contributed by atoms with E-state index >= 15 is 0 Å². The Kier molecular flexibility index (Phi) is 4.17. The van der Waals surface area contributed by atoms with Gasteiger partial charge in [0, 0.05) is 11.6 Å². The van der Waals surface area contributed by atoms with Crippen molar-refractivity contribution in [2.75, 3.05) is 12.3 Å². The molecule has 1 amide bonds. The van der Waals surface area contributed by atoms with Crippen LogP contribution >= 0.6 is 0 Å². The fourth-order valence-corrected chi connectivity index (χ4v) is 1.32. The molecule has 4 heteroatoms. The quantitative estimate of drug-likeness (QED) is 0.763. The molecule has 0 fully saturated rings. The maximum absolute atomic E-state index is 11.7. The third-order valence-corrected chi connectivity index (χ3v) is 1.99. The first-order chi connectivity index (χ1) is 7.54. The molecule has 0 heterocycles. The van der Waals surface area contributed by atoms with E-state index in [9.17, 15) is 4.79 Å². The molecule has 1 aromatic rings. The first-order valence-corrected chi connectivity index (χ1v) is 5.37. The maximum Gasteiger partial charge on any atom is 0.251 e. The number of hydrogen-bond donors (Lipinski definition) is 2. The Hall–Kier alpha value is -1.71. The van der Waals surface area contributed by atoms with Gasteiger partial charge in [0.05, 0.1) is 12.3 Å². The predicted octanol–water partition coefficient (Wildman–Crippen LogP) is 1.81. The van der Waals surface area contributed by atoms with Crippen LogP contribution in [-0.2, 0) is 0 Å². The Labute approximate surface area is 95.8 Å². The van der Waals surface area contributed by atoms with Gasteiger partial charge in [0.25, 0.3) is 5.91 Å². The van der Waals surface area contributed by atoms with Crippen molar-refractivity contribution in [2.45, 2.75) is 26.8 Å². The van der Waals surface area contributed by atoms with E-state index in [-0.39, 0.29) is 11.9 Å². The van der Waals surface area contributed by atoms with Crippen LogP contribution in [0.2, 0.25) is 0 Å². The van der Waals surface area contributed by atoms with Gasteiger partial charge >= 0.3 is 0 Å². The van der Waals surface area contributed by atoms with E-state index in [0.29, 0.717) is 23.6 Å². The van der Waals surface area contributed by atoms with Crippen LogP contribution in [0, 0.1) is 0 Å². The summed E-state index contributed by atoms with van der Waals surface area (Å²) in [6.45, 7) is 6.27. The van der Waals surface area contributed by atoms with Crippen molar-refractivity contribution in [3.05, 3.63) is 23.8 Å². The fraction of sp³-hybridized carbons (Fsp3) is 0.417. The molecule has 0 unspecified atom stereocenters. The van der Waals surface area contributed by atoms with Gasteiger partial charge in [-0.1, -0.05) is 0 Å². The van der Waals surface area contributed by atoms with Crippen molar-refractivity contribution in [2.24, 2.45) is 0 Å². The first kappa shape index (κ1) is 12.4. The lowest BCUT2D eigenvalue weighted by Crippen LogP contribution is -2.30. The highest BCUT2D eigenvalue weighted by Crippen LogP contribution is 2.22. The number of ether oxygens (including phenoxy) is 1. The van der Waals surface area contributed by atoms with E-state index < -0.39 is 0 Å². The van der Waals surface area contributed by atoms with Gasteiger partial charge in [-0.3, -0.25) is 4.79 Å². The minimum atomic E-state index is -0.121. The van der Waals surface area contributed by atoms with E-state index in [4.69, 9.17) is 10.5 Å². The van der Waals surface area contributed by atoms with E-state index in [1.165, 1.54) is 0 Å². The highest BCUT2D eigenvalue weighted by atomic mass is 16.5. The molecular weight excluding hydrogens is 204 g/mol. The van der Waals surface area contributed by atoms with Crippen LogP contribution in [0.5, 0.6) is 5.75 Å². The van der Waals surface area contributed by atoms with Crippen molar-refractivity contribution in [3.63, 3.8) is 0 Å². The molecule has 0 aliphatic carbocycles. The van der Waals surface area contributed by atoms with Crippen molar-refractivity contribution in [3.8, 4) is 5.75 Å². The van der Waals surface area contributed by atoms with Crippen LogP contribution in [0.3, 0.4) is 0 Å². The number of hydrogen-bond acceptors (Lipinski definition) is 3. The molecule has 0 aromatic heterocycles. The van der Waals surface area contributed by atoms with Crippen LogP contribution in [0.15, 0.2) is 18.2 Å². The van der Waals surface area contributed by atoms with E-state index in [1.54, 1.807) is 18.2 Å². The molecular formula is C12H18N2O2. The lowest BCUT2D eigenvalue weighted by atomic mass is 10.1. The van der Waals surface area contributed by atoms with E-state index in [1.807, 2.05) is 20.8 Å². The number of nitrogens with one attached hydrogen (secondary N) is 1. The molecule has 4 nitrogen and oxygen atoms in total. The Morgan fingerprint density at radius 3 is 2.69 bits per heavy atom. The molecule has 1 aromatic carbocycles. The fourth-order valence-electron chi connectivity index (χ4n) is 1.32. The Balaban J connectivity index is 2.84. The van der Waals surface area contributed by atoms with Gasteiger partial charge in [0.2, 0.25) is 0 Å². The van der Waals surface area contributed by atoms with E-state index in [2.05, 4.69) is 5.32 Å². The summed E-state index contributed by atoms with van der Waals surface area (Å²) in [5.41, 5.74) is 6.81. The van der Waals surface area contributed by atoms with Crippen LogP contribution in [0.25, 0.3) is 0 Å². The second-order valence-corrected chi connectivity index (χ2v) is 3.81. The molecule has 0 radical (unpaired) electrons. The Morgan fingerprint density at radius 2 is 2.19 bits per heavy atom. The first-order valence-electron chi connectivity index (χ1n) is 5.37. The summed E-state index contributed by atoms with van der Waals surface area (Å²) in [5, 5.41) is 2.80. The van der Waals surface area contributed by atoms with Gasteiger partial charge in [-0.15, -0.1) is 0 Å². The monoisotopic (exact) mass is 222 g/mol. The number of carbonyl (C=O) groups excluding carboxylic acids is 1. The number of rotatable bonds is 4. The number of nitrogens with two attached hydrogens (primary N) is 1. The SMILES string of the molecule is CCOc1ccc(C(=O)NC(C)C)cc1N. The van der Waals surface area contributed by atoms with Crippen LogP contribution in [0.4, 0.5) is 5.69 Å². The molecule has 0 aliphatic rings. The highest BCUT2D eigenvalue weighted by molar-refractivity contribution is 5.95. The largest absolute Gasteiger partial charge is 0.492 e. The zero-order valence-corrected chi connectivity index (χ0v) is 9.91. The lowest BCUT2D eigenvalue weighted by molar-refractivity contribution is 0.0943. The van der Waals surface area contributed by atoms with Gasteiger partial charge in [0.1, 0.15) is 5.75 Å². The standard InChI is InChI=1S/C12H18N2O2/c1-4-16-11-6-5-9(7-10(11)13)12(15)14-8(2)3/h5-8H,4,13H2,1-3H3,(H,14,15). The minimum Gasteiger partial charge on any atom is -0.492 e. The van der Waals surface area contributed by atoms with E-state index in [0.717, 1.165) is 0 Å². The van der Waals surface area contributed by atoms with Gasteiger partial charge < -0.3 is 15.8 Å². The van der Waals surface area contributed by atoms with Crippen molar-refractivity contribution in [1.82, 2.24) is 5.32 Å². The molecule has 0 aliphatic heterocycles. The number of amides is 1. The molecule has 0 saturated heterocycles. The van der Waals surface area contributed by atoms with Crippen molar-refractivity contribution < 1.29 is 9.53 Å². The molecule has 0 atom stereocenters. The van der Waals surface area contributed by atoms with Gasteiger partial charge in [-0.2, -0.15) is 0 Å². The summed E-state index contributed by atoms with van der Waals surface area (Å²) in [4.78, 5) is 11.7. The number of carbonyl (C=O) groups is 1. The average Bonchev–Trinajstić information content (AvgIpc) is 2.20. The number of nitrogen functional groups attached to an aromatic ring is 1. The molecule has 16 heavy (non-hydrogen) atoms. The normalized spacial score (nSPS) is 10.2. The van der Waals surface area contributed by atoms with Gasteiger partial charge in [0.15, 0.2) is 0 Å². The molecule has 1 rings (SSSR count). The Morgan fingerprint density at radius 1 is 1.50 bits per heavy atom. The summed E-state index contributed by atoms with van der Waals surface area (Å²) in [6, 6.07) is 5.16.